The summed E-state index contributed by atoms with van der Waals surface area (Å²) in [5, 5.41) is 12.2. The summed E-state index contributed by atoms with van der Waals surface area (Å²) in [7, 11) is 1.23. The number of nitrogens with two attached hydrogens (primary N) is 1. The first-order chi connectivity index (χ1) is 9.52. The smallest absolute Gasteiger partial charge is 0.328 e. The van der Waals surface area contributed by atoms with Gasteiger partial charge in [0.05, 0.1) is 13.2 Å². The lowest BCUT2D eigenvalue weighted by Gasteiger charge is -2.17. The van der Waals surface area contributed by atoms with Gasteiger partial charge in [0, 0.05) is 6.92 Å². The van der Waals surface area contributed by atoms with Gasteiger partial charge in [0.1, 0.15) is 12.1 Å². The summed E-state index contributed by atoms with van der Waals surface area (Å²) in [5.41, 5.74) is 5.34. The highest BCUT2D eigenvalue weighted by Gasteiger charge is 2.21. The van der Waals surface area contributed by atoms with Crippen molar-refractivity contribution >= 4 is 23.8 Å². The second-order valence-corrected chi connectivity index (χ2v) is 4.29. The third-order valence-electron chi connectivity index (χ3n) is 2.08. The number of carboxylic acid groups (broad SMARTS) is 1. The van der Waals surface area contributed by atoms with E-state index in [1.165, 1.54) is 27.9 Å². The Morgan fingerprint density at radius 1 is 1.00 bits per heavy atom. The molecule has 0 fully saturated rings. The molecule has 21 heavy (non-hydrogen) atoms. The van der Waals surface area contributed by atoms with Crippen molar-refractivity contribution in [1.82, 2.24) is 10.6 Å². The molecule has 0 bridgehead atoms. The van der Waals surface area contributed by atoms with Crippen molar-refractivity contribution in [2.24, 2.45) is 5.73 Å². The predicted octanol–water partition coefficient (Wildman–Crippen LogP) is -1.39. The summed E-state index contributed by atoms with van der Waals surface area (Å²) in [4.78, 5) is 42.8. The van der Waals surface area contributed by atoms with E-state index in [1.807, 2.05) is 0 Å². The SMILES string of the molecule is CC(=O)O.COC(=O)[C@H](C)NC(=O)[C@H](C)NC(=O)[C@H](C)N. The van der Waals surface area contributed by atoms with Crippen molar-refractivity contribution in [1.29, 1.82) is 0 Å². The molecule has 0 heterocycles. The summed E-state index contributed by atoms with van der Waals surface area (Å²) in [6.07, 6.45) is 0. The van der Waals surface area contributed by atoms with Crippen LogP contribution in [0, 0.1) is 0 Å². The second-order valence-electron chi connectivity index (χ2n) is 4.29. The number of ether oxygens (including phenoxy) is 1. The first-order valence-corrected chi connectivity index (χ1v) is 6.16. The number of hydrogen-bond acceptors (Lipinski definition) is 6. The van der Waals surface area contributed by atoms with Crippen LogP contribution in [0.4, 0.5) is 0 Å². The summed E-state index contributed by atoms with van der Waals surface area (Å²) in [6, 6.07) is -2.22. The summed E-state index contributed by atoms with van der Waals surface area (Å²) >= 11 is 0. The van der Waals surface area contributed by atoms with Crippen molar-refractivity contribution in [3.8, 4) is 0 Å². The molecule has 0 saturated heterocycles. The highest BCUT2D eigenvalue weighted by atomic mass is 16.5. The second kappa shape index (κ2) is 10.6. The molecule has 9 nitrogen and oxygen atoms in total. The Balaban J connectivity index is 0. The molecule has 0 aromatic rings. The number of esters is 1. The molecule has 0 aliphatic heterocycles. The molecule has 0 radical (unpaired) electrons. The van der Waals surface area contributed by atoms with Gasteiger partial charge < -0.3 is 26.2 Å². The van der Waals surface area contributed by atoms with Crippen molar-refractivity contribution < 1.29 is 29.0 Å². The van der Waals surface area contributed by atoms with Gasteiger partial charge in [-0.2, -0.15) is 0 Å². The lowest BCUT2D eigenvalue weighted by Crippen LogP contribution is -2.52. The van der Waals surface area contributed by atoms with E-state index in [4.69, 9.17) is 15.6 Å². The van der Waals surface area contributed by atoms with Crippen LogP contribution in [-0.2, 0) is 23.9 Å². The van der Waals surface area contributed by atoms with E-state index in [0.717, 1.165) is 6.92 Å². The monoisotopic (exact) mass is 305 g/mol. The molecule has 0 aliphatic carbocycles. The van der Waals surface area contributed by atoms with Crippen LogP contribution in [0.2, 0.25) is 0 Å². The highest BCUT2D eigenvalue weighted by Crippen LogP contribution is 1.90. The number of amides is 2. The average molecular weight is 305 g/mol. The lowest BCUT2D eigenvalue weighted by molar-refractivity contribution is -0.144. The van der Waals surface area contributed by atoms with E-state index in [-0.39, 0.29) is 0 Å². The molecule has 3 atom stereocenters. The fourth-order valence-electron chi connectivity index (χ4n) is 0.984. The number of nitrogens with one attached hydrogen (secondary N) is 2. The van der Waals surface area contributed by atoms with Gasteiger partial charge in [-0.25, -0.2) is 4.79 Å². The maximum Gasteiger partial charge on any atom is 0.328 e. The van der Waals surface area contributed by atoms with Crippen molar-refractivity contribution in [2.75, 3.05) is 7.11 Å². The van der Waals surface area contributed by atoms with E-state index in [1.54, 1.807) is 0 Å². The number of aliphatic carboxylic acids is 1. The Morgan fingerprint density at radius 2 is 1.38 bits per heavy atom. The Bertz CT molecular complexity index is 379. The third-order valence-corrected chi connectivity index (χ3v) is 2.08. The zero-order valence-corrected chi connectivity index (χ0v) is 12.8. The van der Waals surface area contributed by atoms with Gasteiger partial charge in [0.15, 0.2) is 0 Å². The molecule has 0 aromatic carbocycles. The van der Waals surface area contributed by atoms with Crippen LogP contribution in [0.3, 0.4) is 0 Å². The molecule has 0 rings (SSSR count). The number of carbonyl (C=O) groups is 4. The predicted molar refractivity (Wildman–Crippen MR) is 74.2 cm³/mol. The average Bonchev–Trinajstić information content (AvgIpc) is 2.36. The molecule has 0 unspecified atom stereocenters. The standard InChI is InChI=1S/C10H19N3O4.C2H4O2/c1-5(11)8(14)12-6(2)9(15)13-7(3)10(16)17-4;1-2(3)4/h5-7H,11H2,1-4H3,(H,12,14)(H,13,15);1H3,(H,3,4)/t5-,6-,7-;/m0./s1. The third kappa shape index (κ3) is 11.4. The Hall–Kier alpha value is -2.16. The van der Waals surface area contributed by atoms with Crippen molar-refractivity contribution in [2.45, 2.75) is 45.8 Å². The van der Waals surface area contributed by atoms with Crippen LogP contribution in [0.5, 0.6) is 0 Å². The zero-order chi connectivity index (χ0) is 17.2. The summed E-state index contributed by atoms with van der Waals surface area (Å²) < 4.78 is 4.45. The fraction of sp³-hybridized carbons (Fsp3) is 0.667. The molecule has 122 valence electrons. The number of methoxy groups -OCH3 is 1. The Morgan fingerprint density at radius 3 is 1.71 bits per heavy atom. The van der Waals surface area contributed by atoms with Crippen LogP contribution < -0.4 is 16.4 Å². The first kappa shape index (κ1) is 21.1. The van der Waals surface area contributed by atoms with Crippen LogP contribution in [0.25, 0.3) is 0 Å². The summed E-state index contributed by atoms with van der Waals surface area (Å²) in [6.45, 7) is 5.58. The lowest BCUT2D eigenvalue weighted by atomic mass is 10.2. The largest absolute Gasteiger partial charge is 0.481 e. The van der Waals surface area contributed by atoms with Gasteiger partial charge in [-0.15, -0.1) is 0 Å². The van der Waals surface area contributed by atoms with Gasteiger partial charge >= 0.3 is 5.97 Å². The van der Waals surface area contributed by atoms with E-state index in [9.17, 15) is 14.4 Å². The minimum absolute atomic E-state index is 0.432. The number of carboxylic acids is 1. The molecular weight excluding hydrogens is 282 g/mol. The number of hydrogen-bond donors (Lipinski definition) is 4. The van der Waals surface area contributed by atoms with E-state index in [0.29, 0.717) is 0 Å². The van der Waals surface area contributed by atoms with Crippen LogP contribution >= 0.6 is 0 Å². The van der Waals surface area contributed by atoms with Crippen molar-refractivity contribution in [3.05, 3.63) is 0 Å². The topological polar surface area (TPSA) is 148 Å². The van der Waals surface area contributed by atoms with E-state index < -0.39 is 41.9 Å². The first-order valence-electron chi connectivity index (χ1n) is 6.16. The number of carbonyl (C=O) groups excluding carboxylic acids is 3. The molecule has 2 amide bonds. The van der Waals surface area contributed by atoms with Crippen LogP contribution in [-0.4, -0.2) is 54.1 Å². The maximum atomic E-state index is 11.6. The minimum atomic E-state index is -0.833. The van der Waals surface area contributed by atoms with Gasteiger partial charge in [-0.3, -0.25) is 14.4 Å². The molecule has 5 N–H and O–H groups in total. The highest BCUT2D eigenvalue weighted by molar-refractivity contribution is 5.91. The van der Waals surface area contributed by atoms with Crippen molar-refractivity contribution in [3.63, 3.8) is 0 Å². The Labute approximate surface area is 123 Å². The minimum Gasteiger partial charge on any atom is -0.481 e. The van der Waals surface area contributed by atoms with Gasteiger partial charge in [0.2, 0.25) is 11.8 Å². The maximum absolute atomic E-state index is 11.6. The van der Waals surface area contributed by atoms with Crippen LogP contribution in [0.15, 0.2) is 0 Å². The molecule has 0 saturated carbocycles. The zero-order valence-electron chi connectivity index (χ0n) is 12.8. The van der Waals surface area contributed by atoms with Gasteiger partial charge in [-0.05, 0) is 20.8 Å². The van der Waals surface area contributed by atoms with E-state index >= 15 is 0 Å². The van der Waals surface area contributed by atoms with Crippen LogP contribution in [0.1, 0.15) is 27.7 Å². The van der Waals surface area contributed by atoms with Gasteiger partial charge in [-0.1, -0.05) is 0 Å². The molecular formula is C12H23N3O6. The molecule has 9 heteroatoms. The molecule has 0 spiro atoms. The van der Waals surface area contributed by atoms with Gasteiger partial charge in [0.25, 0.3) is 5.97 Å². The fourth-order valence-corrected chi connectivity index (χ4v) is 0.984. The quantitative estimate of drug-likeness (QED) is 0.457. The molecule has 0 aromatic heterocycles. The normalized spacial score (nSPS) is 13.6. The number of rotatable bonds is 5. The molecule has 0 aliphatic rings. The Kier molecular flexibility index (Phi) is 10.7. The summed E-state index contributed by atoms with van der Waals surface area (Å²) in [5.74, 6) is -2.29. The van der Waals surface area contributed by atoms with E-state index in [2.05, 4.69) is 15.4 Å².